The standard InChI is InChI=1S/C14H18F2O/c15-12-5-4-11(13(16)8-12)9-14(10-17)6-2-1-3-7-14/h4-5,8,17H,1-3,6-7,9-10H2. The lowest BCUT2D eigenvalue weighted by atomic mass is 9.71. The third-order valence-corrected chi connectivity index (χ3v) is 3.83. The van der Waals surface area contributed by atoms with Crippen molar-refractivity contribution in [2.45, 2.75) is 38.5 Å². The zero-order valence-electron chi connectivity index (χ0n) is 9.88. The van der Waals surface area contributed by atoms with Gasteiger partial charge in [-0.25, -0.2) is 8.78 Å². The molecule has 1 N–H and O–H groups in total. The number of hydrogen-bond acceptors (Lipinski definition) is 1. The summed E-state index contributed by atoms with van der Waals surface area (Å²) in [5.74, 6) is -1.05. The Morgan fingerprint density at radius 2 is 1.82 bits per heavy atom. The van der Waals surface area contributed by atoms with Crippen molar-refractivity contribution in [2.24, 2.45) is 5.41 Å². The minimum absolute atomic E-state index is 0.0871. The first-order valence-corrected chi connectivity index (χ1v) is 6.20. The van der Waals surface area contributed by atoms with Crippen molar-refractivity contribution in [2.75, 3.05) is 6.61 Å². The van der Waals surface area contributed by atoms with Crippen molar-refractivity contribution in [1.82, 2.24) is 0 Å². The zero-order valence-corrected chi connectivity index (χ0v) is 9.88. The minimum Gasteiger partial charge on any atom is -0.396 e. The highest BCUT2D eigenvalue weighted by Crippen LogP contribution is 2.39. The third-order valence-electron chi connectivity index (χ3n) is 3.83. The topological polar surface area (TPSA) is 20.2 Å². The zero-order chi connectivity index (χ0) is 12.3. The smallest absolute Gasteiger partial charge is 0.129 e. The van der Waals surface area contributed by atoms with E-state index >= 15 is 0 Å². The van der Waals surface area contributed by atoms with Crippen molar-refractivity contribution in [1.29, 1.82) is 0 Å². The van der Waals surface area contributed by atoms with Gasteiger partial charge in [-0.3, -0.25) is 0 Å². The highest BCUT2D eigenvalue weighted by Gasteiger charge is 2.32. The molecule has 0 heterocycles. The van der Waals surface area contributed by atoms with E-state index in [-0.39, 0.29) is 12.0 Å². The second-order valence-corrected chi connectivity index (χ2v) is 5.13. The molecule has 0 bridgehead atoms. The molecule has 2 rings (SSSR count). The van der Waals surface area contributed by atoms with Gasteiger partial charge in [0.25, 0.3) is 0 Å². The summed E-state index contributed by atoms with van der Waals surface area (Å²) in [7, 11) is 0. The molecule has 0 aromatic heterocycles. The van der Waals surface area contributed by atoms with Crippen LogP contribution in [0.2, 0.25) is 0 Å². The van der Waals surface area contributed by atoms with Crippen LogP contribution in [0, 0.1) is 17.0 Å². The van der Waals surface area contributed by atoms with Crippen LogP contribution in [0.4, 0.5) is 8.78 Å². The van der Waals surface area contributed by atoms with Crippen molar-refractivity contribution in [3.05, 3.63) is 35.4 Å². The van der Waals surface area contributed by atoms with Crippen LogP contribution in [0.15, 0.2) is 18.2 Å². The van der Waals surface area contributed by atoms with Gasteiger partial charge >= 0.3 is 0 Å². The van der Waals surface area contributed by atoms with Gasteiger partial charge in [0.15, 0.2) is 0 Å². The van der Waals surface area contributed by atoms with E-state index in [4.69, 9.17) is 0 Å². The molecule has 1 aromatic carbocycles. The molecule has 3 heteroatoms. The number of hydrogen-bond donors (Lipinski definition) is 1. The molecule has 1 aliphatic rings. The number of rotatable bonds is 3. The Morgan fingerprint density at radius 3 is 2.41 bits per heavy atom. The van der Waals surface area contributed by atoms with E-state index in [0.717, 1.165) is 31.7 Å². The molecule has 1 nitrogen and oxygen atoms in total. The molecule has 0 radical (unpaired) electrons. The minimum atomic E-state index is -0.548. The SMILES string of the molecule is OCC1(Cc2ccc(F)cc2F)CCCCC1. The molecule has 0 amide bonds. The largest absolute Gasteiger partial charge is 0.396 e. The molecule has 17 heavy (non-hydrogen) atoms. The van der Waals surface area contributed by atoms with Gasteiger partial charge in [-0.2, -0.15) is 0 Å². The summed E-state index contributed by atoms with van der Waals surface area (Å²) in [6, 6.07) is 3.70. The van der Waals surface area contributed by atoms with Crippen LogP contribution in [0.1, 0.15) is 37.7 Å². The fourth-order valence-electron chi connectivity index (χ4n) is 2.76. The van der Waals surface area contributed by atoms with E-state index in [9.17, 15) is 13.9 Å². The number of aliphatic hydroxyl groups is 1. The van der Waals surface area contributed by atoms with E-state index in [1.54, 1.807) is 0 Å². The normalized spacial score (nSPS) is 19.2. The molecule has 1 aromatic rings. The predicted octanol–water partition coefficient (Wildman–Crippen LogP) is 3.45. The van der Waals surface area contributed by atoms with Gasteiger partial charge in [0.1, 0.15) is 11.6 Å². The Hall–Kier alpha value is -0.960. The second-order valence-electron chi connectivity index (χ2n) is 5.13. The Labute approximate surface area is 100 Å². The van der Waals surface area contributed by atoms with Crippen molar-refractivity contribution < 1.29 is 13.9 Å². The van der Waals surface area contributed by atoms with Crippen LogP contribution in [-0.2, 0) is 6.42 Å². The Bertz CT molecular complexity index is 384. The highest BCUT2D eigenvalue weighted by atomic mass is 19.1. The van der Waals surface area contributed by atoms with E-state index in [0.29, 0.717) is 12.0 Å². The second kappa shape index (κ2) is 5.13. The Balaban J connectivity index is 2.17. The lowest BCUT2D eigenvalue weighted by Crippen LogP contribution is -2.31. The summed E-state index contributed by atoms with van der Waals surface area (Å²) in [4.78, 5) is 0. The summed E-state index contributed by atoms with van der Waals surface area (Å²) in [5.41, 5.74) is 0.319. The van der Waals surface area contributed by atoms with Gasteiger partial charge in [0.2, 0.25) is 0 Å². The molecular formula is C14H18F2O. The van der Waals surface area contributed by atoms with Gasteiger partial charge in [-0.1, -0.05) is 25.3 Å². The first-order valence-electron chi connectivity index (χ1n) is 6.20. The summed E-state index contributed by atoms with van der Waals surface area (Å²) in [5, 5.41) is 9.55. The lowest BCUT2D eigenvalue weighted by molar-refractivity contribution is 0.0815. The maximum atomic E-state index is 13.6. The Morgan fingerprint density at radius 1 is 1.12 bits per heavy atom. The predicted molar refractivity (Wildman–Crippen MR) is 62.7 cm³/mol. The third kappa shape index (κ3) is 2.83. The summed E-state index contributed by atoms with van der Waals surface area (Å²) in [6.45, 7) is 0.0871. The van der Waals surface area contributed by atoms with E-state index in [2.05, 4.69) is 0 Å². The molecule has 0 spiro atoms. The fourth-order valence-corrected chi connectivity index (χ4v) is 2.76. The van der Waals surface area contributed by atoms with Crippen LogP contribution in [-0.4, -0.2) is 11.7 Å². The van der Waals surface area contributed by atoms with E-state index < -0.39 is 11.6 Å². The summed E-state index contributed by atoms with van der Waals surface area (Å²) >= 11 is 0. The lowest BCUT2D eigenvalue weighted by Gasteiger charge is -2.35. The fraction of sp³-hybridized carbons (Fsp3) is 0.571. The molecule has 1 aliphatic carbocycles. The quantitative estimate of drug-likeness (QED) is 0.858. The summed E-state index contributed by atoms with van der Waals surface area (Å²) in [6.07, 6.45) is 5.73. The highest BCUT2D eigenvalue weighted by molar-refractivity contribution is 5.20. The molecule has 94 valence electrons. The van der Waals surface area contributed by atoms with Crippen LogP contribution < -0.4 is 0 Å². The molecule has 0 unspecified atom stereocenters. The van der Waals surface area contributed by atoms with Crippen LogP contribution in [0.5, 0.6) is 0 Å². The number of halogens is 2. The first kappa shape index (κ1) is 12.5. The molecule has 1 saturated carbocycles. The van der Waals surface area contributed by atoms with Crippen molar-refractivity contribution >= 4 is 0 Å². The van der Waals surface area contributed by atoms with E-state index in [1.165, 1.54) is 18.6 Å². The average Bonchev–Trinajstić information content (AvgIpc) is 2.34. The average molecular weight is 240 g/mol. The number of benzene rings is 1. The molecule has 1 fully saturated rings. The first-order chi connectivity index (χ1) is 8.15. The molecule has 0 saturated heterocycles. The summed E-state index contributed by atoms with van der Waals surface area (Å²) < 4.78 is 26.4. The van der Waals surface area contributed by atoms with Gasteiger partial charge in [0, 0.05) is 12.7 Å². The van der Waals surface area contributed by atoms with Crippen LogP contribution in [0.3, 0.4) is 0 Å². The number of aliphatic hydroxyl groups excluding tert-OH is 1. The van der Waals surface area contributed by atoms with Crippen molar-refractivity contribution in [3.63, 3.8) is 0 Å². The van der Waals surface area contributed by atoms with Gasteiger partial charge in [-0.15, -0.1) is 0 Å². The van der Waals surface area contributed by atoms with Gasteiger partial charge < -0.3 is 5.11 Å². The van der Waals surface area contributed by atoms with Crippen LogP contribution >= 0.6 is 0 Å². The van der Waals surface area contributed by atoms with Gasteiger partial charge in [-0.05, 0) is 36.3 Å². The van der Waals surface area contributed by atoms with E-state index in [1.807, 2.05) is 0 Å². The maximum absolute atomic E-state index is 13.6. The molecule has 0 atom stereocenters. The van der Waals surface area contributed by atoms with Gasteiger partial charge in [0.05, 0.1) is 0 Å². The Kier molecular flexibility index (Phi) is 3.77. The molecular weight excluding hydrogens is 222 g/mol. The van der Waals surface area contributed by atoms with Crippen LogP contribution in [0.25, 0.3) is 0 Å². The van der Waals surface area contributed by atoms with Crippen molar-refractivity contribution in [3.8, 4) is 0 Å². The molecule has 0 aliphatic heterocycles. The monoisotopic (exact) mass is 240 g/mol. The maximum Gasteiger partial charge on any atom is 0.129 e.